The van der Waals surface area contributed by atoms with Crippen LogP contribution in [0.3, 0.4) is 0 Å². The number of primary sulfonamides is 1. The molecule has 0 saturated carbocycles. The zero-order chi connectivity index (χ0) is 21.9. The van der Waals surface area contributed by atoms with Crippen LogP contribution >= 0.6 is 0 Å². The van der Waals surface area contributed by atoms with E-state index in [1.807, 2.05) is 0 Å². The number of nitrogens with two attached hydrogens (primary N) is 1. The van der Waals surface area contributed by atoms with Gasteiger partial charge in [0, 0.05) is 5.39 Å². The van der Waals surface area contributed by atoms with Crippen molar-refractivity contribution in [2.24, 2.45) is 15.4 Å². The first-order valence-corrected chi connectivity index (χ1v) is 10.2. The third-order valence-electron chi connectivity index (χ3n) is 4.04. The molecule has 3 aromatic rings. The zero-order valence-corrected chi connectivity index (χ0v) is 16.5. The summed E-state index contributed by atoms with van der Waals surface area (Å²) in [4.78, 5) is 11.6. The Labute approximate surface area is 171 Å². The van der Waals surface area contributed by atoms with Gasteiger partial charge in [-0.1, -0.05) is 18.2 Å². The number of azo groups is 1. The number of sulfonamides is 1. The third-order valence-corrected chi connectivity index (χ3v) is 4.95. The van der Waals surface area contributed by atoms with Crippen molar-refractivity contribution >= 4 is 44.0 Å². The summed E-state index contributed by atoms with van der Waals surface area (Å²) in [5.41, 5.74) is 0.146. The van der Waals surface area contributed by atoms with Crippen LogP contribution in [0.4, 0.5) is 21.9 Å². The highest BCUT2D eigenvalue weighted by atomic mass is 32.2. The fraction of sp³-hybridized carbons (Fsp3) is 0.105. The summed E-state index contributed by atoms with van der Waals surface area (Å²) in [5, 5.41) is 36.8. The summed E-state index contributed by atoms with van der Waals surface area (Å²) in [6.07, 6.45) is -0.685. The summed E-state index contributed by atoms with van der Waals surface area (Å²) < 4.78 is 28.0. The molecule has 1 amide bonds. The van der Waals surface area contributed by atoms with E-state index in [1.165, 1.54) is 6.07 Å². The molecular weight excluding hydrogens is 412 g/mol. The first-order chi connectivity index (χ1) is 14.2. The summed E-state index contributed by atoms with van der Waals surface area (Å²) in [6, 6.07) is 11.3. The summed E-state index contributed by atoms with van der Waals surface area (Å²) in [6.45, 7) is 1.84. The third kappa shape index (κ3) is 4.47. The van der Waals surface area contributed by atoms with Gasteiger partial charge < -0.3 is 14.9 Å². The molecule has 0 heterocycles. The maximum Gasteiger partial charge on any atom is 0.411 e. The Bertz CT molecular complexity index is 1260. The van der Waals surface area contributed by atoms with Crippen molar-refractivity contribution < 1.29 is 28.2 Å². The lowest BCUT2D eigenvalue weighted by molar-refractivity contribution is 0.168. The van der Waals surface area contributed by atoms with Gasteiger partial charge in [-0.05, 0) is 42.6 Å². The number of amides is 1. The predicted molar refractivity (Wildman–Crippen MR) is 110 cm³/mol. The van der Waals surface area contributed by atoms with Crippen LogP contribution in [-0.2, 0) is 14.8 Å². The average Bonchev–Trinajstić information content (AvgIpc) is 2.68. The predicted octanol–water partition coefficient (Wildman–Crippen LogP) is 3.88. The minimum absolute atomic E-state index is 0.000284. The van der Waals surface area contributed by atoms with E-state index < -0.39 is 16.1 Å². The Hall–Kier alpha value is -3.70. The van der Waals surface area contributed by atoms with Gasteiger partial charge in [0.25, 0.3) is 0 Å². The number of carbonyl (C=O) groups is 1. The van der Waals surface area contributed by atoms with Crippen molar-refractivity contribution in [3.8, 4) is 11.5 Å². The lowest BCUT2D eigenvalue weighted by Crippen LogP contribution is -2.13. The van der Waals surface area contributed by atoms with Gasteiger partial charge in [0.2, 0.25) is 10.0 Å². The summed E-state index contributed by atoms with van der Waals surface area (Å²) >= 11 is 0. The van der Waals surface area contributed by atoms with E-state index in [0.29, 0.717) is 16.5 Å². The van der Waals surface area contributed by atoms with Crippen LogP contribution < -0.4 is 10.5 Å². The lowest BCUT2D eigenvalue weighted by atomic mass is 10.1. The molecule has 0 bridgehead atoms. The number of fused-ring (bicyclic) bond motifs is 1. The SMILES string of the molecule is CCOC(=O)Nc1cccc2ccc(O)c(N=Nc3cc(S(N)(=O)=O)ccc3O)c12. The maximum absolute atomic E-state index is 11.9. The van der Waals surface area contributed by atoms with E-state index in [-0.39, 0.29) is 34.4 Å². The molecule has 11 heteroatoms. The Kier molecular flexibility index (Phi) is 5.85. The molecule has 0 atom stereocenters. The van der Waals surface area contributed by atoms with Gasteiger partial charge in [-0.15, -0.1) is 10.2 Å². The van der Waals surface area contributed by atoms with Crippen LogP contribution in [0.15, 0.2) is 63.7 Å². The van der Waals surface area contributed by atoms with Crippen molar-refractivity contribution in [2.75, 3.05) is 11.9 Å². The largest absolute Gasteiger partial charge is 0.506 e. The van der Waals surface area contributed by atoms with E-state index in [2.05, 4.69) is 15.5 Å². The number of phenolic OH excluding ortho intramolecular Hbond substituents is 2. The van der Waals surface area contributed by atoms with E-state index in [4.69, 9.17) is 9.88 Å². The highest BCUT2D eigenvalue weighted by molar-refractivity contribution is 7.89. The Morgan fingerprint density at radius 3 is 2.53 bits per heavy atom. The molecule has 0 aliphatic rings. The molecule has 0 aliphatic carbocycles. The highest BCUT2D eigenvalue weighted by Gasteiger charge is 2.15. The van der Waals surface area contributed by atoms with Crippen LogP contribution in [-0.4, -0.2) is 31.3 Å². The Morgan fingerprint density at radius 2 is 1.83 bits per heavy atom. The number of nitrogens with one attached hydrogen (secondary N) is 1. The van der Waals surface area contributed by atoms with Gasteiger partial charge in [0.1, 0.15) is 22.9 Å². The van der Waals surface area contributed by atoms with Crippen LogP contribution in [0.5, 0.6) is 11.5 Å². The van der Waals surface area contributed by atoms with Gasteiger partial charge in [0.15, 0.2) is 0 Å². The molecule has 0 saturated heterocycles. The van der Waals surface area contributed by atoms with Crippen LogP contribution in [0, 0.1) is 0 Å². The quantitative estimate of drug-likeness (QED) is 0.449. The molecule has 0 radical (unpaired) electrons. The monoisotopic (exact) mass is 430 g/mol. The number of hydrogen-bond donors (Lipinski definition) is 4. The molecule has 0 aliphatic heterocycles. The minimum atomic E-state index is -4.02. The van der Waals surface area contributed by atoms with Gasteiger partial charge in [0.05, 0.1) is 17.2 Å². The minimum Gasteiger partial charge on any atom is -0.506 e. The normalized spacial score (nSPS) is 11.7. The second-order valence-electron chi connectivity index (χ2n) is 6.08. The Balaban J connectivity index is 2.12. The van der Waals surface area contributed by atoms with E-state index in [0.717, 1.165) is 18.2 Å². The molecule has 0 fully saturated rings. The fourth-order valence-electron chi connectivity index (χ4n) is 2.70. The van der Waals surface area contributed by atoms with Crippen LogP contribution in [0.2, 0.25) is 0 Å². The van der Waals surface area contributed by atoms with Crippen LogP contribution in [0.25, 0.3) is 10.8 Å². The molecular formula is C19H18N4O6S. The number of ether oxygens (including phenoxy) is 1. The topological polar surface area (TPSA) is 164 Å². The van der Waals surface area contributed by atoms with Gasteiger partial charge >= 0.3 is 6.09 Å². The number of phenols is 2. The maximum atomic E-state index is 11.9. The molecule has 30 heavy (non-hydrogen) atoms. The fourth-order valence-corrected chi connectivity index (χ4v) is 3.23. The smallest absolute Gasteiger partial charge is 0.411 e. The Morgan fingerprint density at radius 1 is 1.10 bits per heavy atom. The first-order valence-electron chi connectivity index (χ1n) is 8.66. The van der Waals surface area contributed by atoms with E-state index in [9.17, 15) is 23.4 Å². The van der Waals surface area contributed by atoms with E-state index >= 15 is 0 Å². The van der Waals surface area contributed by atoms with Crippen LogP contribution in [0.1, 0.15) is 6.92 Å². The number of hydrogen-bond acceptors (Lipinski definition) is 8. The molecule has 5 N–H and O–H groups in total. The molecule has 156 valence electrons. The number of nitrogens with zero attached hydrogens (tertiary/aromatic N) is 2. The molecule has 0 aromatic heterocycles. The first kappa shape index (κ1) is 21.0. The number of carbonyl (C=O) groups excluding carboxylic acids is 1. The highest BCUT2D eigenvalue weighted by Crippen LogP contribution is 2.41. The van der Waals surface area contributed by atoms with E-state index in [1.54, 1.807) is 31.2 Å². The van der Waals surface area contributed by atoms with Crippen molar-refractivity contribution in [3.63, 3.8) is 0 Å². The number of anilines is 1. The average molecular weight is 430 g/mol. The van der Waals surface area contributed by atoms with Crippen molar-refractivity contribution in [2.45, 2.75) is 11.8 Å². The van der Waals surface area contributed by atoms with Gasteiger partial charge in [-0.25, -0.2) is 18.4 Å². The summed E-state index contributed by atoms with van der Waals surface area (Å²) in [5.74, 6) is -0.581. The molecule has 0 spiro atoms. The second kappa shape index (κ2) is 8.35. The molecule has 3 rings (SSSR count). The molecule has 10 nitrogen and oxygen atoms in total. The second-order valence-corrected chi connectivity index (χ2v) is 7.64. The van der Waals surface area contributed by atoms with Crippen molar-refractivity contribution in [1.82, 2.24) is 0 Å². The lowest BCUT2D eigenvalue weighted by Gasteiger charge is -2.11. The molecule has 3 aromatic carbocycles. The molecule has 0 unspecified atom stereocenters. The van der Waals surface area contributed by atoms with Gasteiger partial charge in [-0.2, -0.15) is 0 Å². The zero-order valence-electron chi connectivity index (χ0n) is 15.7. The van der Waals surface area contributed by atoms with Crippen molar-refractivity contribution in [3.05, 3.63) is 48.5 Å². The standard InChI is InChI=1S/C19H18N4O6S/c1-2-29-19(26)21-13-5-3-4-11-6-8-16(25)18(17(11)13)23-22-14-10-12(30(20,27)28)7-9-15(14)24/h3-10,24-25H,2H2,1H3,(H,21,26)(H2,20,27,28). The number of aromatic hydroxyl groups is 2. The van der Waals surface area contributed by atoms with Crippen molar-refractivity contribution in [1.29, 1.82) is 0 Å². The number of benzene rings is 3. The summed E-state index contributed by atoms with van der Waals surface area (Å²) in [7, 11) is -4.02. The number of rotatable bonds is 5. The van der Waals surface area contributed by atoms with Gasteiger partial charge in [-0.3, -0.25) is 5.32 Å².